The molecule has 20 heavy (non-hydrogen) atoms. The summed E-state index contributed by atoms with van der Waals surface area (Å²) in [5, 5.41) is 5.46. The second kappa shape index (κ2) is 4.34. The maximum absolute atomic E-state index is 11.4. The number of nitrogens with zero attached hydrogens (tertiary/aromatic N) is 2. The number of hydrogen-bond donors (Lipinski definition) is 0. The van der Waals surface area contributed by atoms with Crippen LogP contribution in [0.3, 0.4) is 0 Å². The Morgan fingerprint density at radius 3 is 2.40 bits per heavy atom. The van der Waals surface area contributed by atoms with Gasteiger partial charge in [0.05, 0.1) is 11.4 Å². The smallest absolute Gasteiger partial charge is 0.336 e. The number of aryl methyl sites for hydroxylation is 4. The molecule has 0 radical (unpaired) electrons. The Kier molecular flexibility index (Phi) is 2.74. The van der Waals surface area contributed by atoms with Crippen LogP contribution < -0.4 is 5.63 Å². The lowest BCUT2D eigenvalue weighted by molar-refractivity contribution is 0.559. The molecule has 4 heteroatoms. The quantitative estimate of drug-likeness (QED) is 0.637. The molecule has 0 N–H and O–H groups in total. The topological polar surface area (TPSA) is 48.0 Å². The van der Waals surface area contributed by atoms with Crippen molar-refractivity contribution in [2.24, 2.45) is 0 Å². The largest absolute Gasteiger partial charge is 0.423 e. The molecule has 2 heterocycles. The van der Waals surface area contributed by atoms with Gasteiger partial charge >= 0.3 is 5.63 Å². The van der Waals surface area contributed by atoms with Crippen LogP contribution in [0.4, 0.5) is 0 Å². The first kappa shape index (κ1) is 12.7. The Hall–Kier alpha value is -2.36. The van der Waals surface area contributed by atoms with Crippen LogP contribution in [-0.2, 0) is 0 Å². The van der Waals surface area contributed by atoms with Gasteiger partial charge in [-0.3, -0.25) is 0 Å². The molecular formula is C16H16N2O2. The molecule has 4 nitrogen and oxygen atoms in total. The summed E-state index contributed by atoms with van der Waals surface area (Å²) in [5.74, 6) is 0. The van der Waals surface area contributed by atoms with Crippen LogP contribution in [0, 0.1) is 27.7 Å². The average molecular weight is 268 g/mol. The summed E-state index contributed by atoms with van der Waals surface area (Å²) < 4.78 is 7.19. The normalized spacial score (nSPS) is 11.2. The molecule has 3 aromatic rings. The third-order valence-corrected chi connectivity index (χ3v) is 3.51. The molecule has 3 rings (SSSR count). The van der Waals surface area contributed by atoms with Gasteiger partial charge < -0.3 is 4.42 Å². The van der Waals surface area contributed by atoms with E-state index in [4.69, 9.17) is 4.42 Å². The lowest BCUT2D eigenvalue weighted by Crippen LogP contribution is -2.04. The molecule has 102 valence electrons. The summed E-state index contributed by atoms with van der Waals surface area (Å²) in [6.45, 7) is 7.92. The molecular weight excluding hydrogens is 252 g/mol. The predicted octanol–water partition coefficient (Wildman–Crippen LogP) is 3.21. The summed E-state index contributed by atoms with van der Waals surface area (Å²) in [7, 11) is 0. The van der Waals surface area contributed by atoms with Gasteiger partial charge in [-0.25, -0.2) is 9.48 Å². The number of rotatable bonds is 1. The Balaban J connectivity index is 2.35. The van der Waals surface area contributed by atoms with Crippen molar-refractivity contribution >= 4 is 11.0 Å². The fraction of sp³-hybridized carbons (Fsp3) is 0.250. The SMILES string of the molecule is Cc1cc(C)n(-c2cc3c(C)cc(=O)oc3cc2C)n1. The van der Waals surface area contributed by atoms with Crippen LogP contribution in [0.2, 0.25) is 0 Å². The van der Waals surface area contributed by atoms with Crippen LogP contribution >= 0.6 is 0 Å². The van der Waals surface area contributed by atoms with Gasteiger partial charge in [0.15, 0.2) is 0 Å². The van der Waals surface area contributed by atoms with Crippen molar-refractivity contribution in [2.75, 3.05) is 0 Å². The number of benzene rings is 1. The average Bonchev–Trinajstić information content (AvgIpc) is 2.67. The molecule has 0 bridgehead atoms. The second-order valence-corrected chi connectivity index (χ2v) is 5.22. The van der Waals surface area contributed by atoms with E-state index in [-0.39, 0.29) is 5.63 Å². The van der Waals surface area contributed by atoms with Crippen LogP contribution in [0.25, 0.3) is 16.7 Å². The molecule has 1 aromatic carbocycles. The van der Waals surface area contributed by atoms with Crippen molar-refractivity contribution in [2.45, 2.75) is 27.7 Å². The first-order valence-electron chi connectivity index (χ1n) is 6.54. The van der Waals surface area contributed by atoms with E-state index in [0.29, 0.717) is 5.58 Å². The van der Waals surface area contributed by atoms with Crippen LogP contribution in [0.15, 0.2) is 33.5 Å². The first-order chi connectivity index (χ1) is 9.45. The van der Waals surface area contributed by atoms with E-state index in [1.54, 1.807) is 0 Å². The van der Waals surface area contributed by atoms with Crippen LogP contribution in [-0.4, -0.2) is 9.78 Å². The third kappa shape index (κ3) is 1.93. The highest BCUT2D eigenvalue weighted by Gasteiger charge is 2.11. The minimum Gasteiger partial charge on any atom is -0.423 e. The van der Waals surface area contributed by atoms with E-state index < -0.39 is 0 Å². The molecule has 0 saturated carbocycles. The van der Waals surface area contributed by atoms with Crippen molar-refractivity contribution in [1.82, 2.24) is 9.78 Å². The zero-order valence-corrected chi connectivity index (χ0v) is 12.0. The second-order valence-electron chi connectivity index (χ2n) is 5.22. The van der Waals surface area contributed by atoms with Gasteiger partial charge in [-0.15, -0.1) is 0 Å². The molecule has 0 unspecified atom stereocenters. The fourth-order valence-electron chi connectivity index (χ4n) is 2.56. The molecule has 0 aliphatic rings. The van der Waals surface area contributed by atoms with Crippen molar-refractivity contribution < 1.29 is 4.42 Å². The third-order valence-electron chi connectivity index (χ3n) is 3.51. The Morgan fingerprint density at radius 2 is 1.75 bits per heavy atom. The zero-order chi connectivity index (χ0) is 14.4. The number of hydrogen-bond acceptors (Lipinski definition) is 3. The summed E-state index contributed by atoms with van der Waals surface area (Å²) in [6.07, 6.45) is 0. The molecule has 0 spiro atoms. The zero-order valence-electron chi connectivity index (χ0n) is 12.0. The van der Waals surface area contributed by atoms with Crippen molar-refractivity contribution in [3.8, 4) is 5.69 Å². The highest BCUT2D eigenvalue weighted by molar-refractivity contribution is 5.83. The van der Waals surface area contributed by atoms with Crippen molar-refractivity contribution in [3.05, 3.63) is 57.2 Å². The summed E-state index contributed by atoms with van der Waals surface area (Å²) in [4.78, 5) is 11.4. The Labute approximate surface area is 116 Å². The summed E-state index contributed by atoms with van der Waals surface area (Å²) >= 11 is 0. The number of aromatic nitrogens is 2. The first-order valence-corrected chi connectivity index (χ1v) is 6.54. The monoisotopic (exact) mass is 268 g/mol. The summed E-state index contributed by atoms with van der Waals surface area (Å²) in [6, 6.07) is 7.49. The molecule has 0 saturated heterocycles. The van der Waals surface area contributed by atoms with Crippen molar-refractivity contribution in [1.29, 1.82) is 0 Å². The molecule has 0 atom stereocenters. The predicted molar refractivity (Wildman–Crippen MR) is 78.6 cm³/mol. The Bertz CT molecular complexity index is 872. The standard InChI is InChI=1S/C16H16N2O2/c1-9-6-16(19)20-15-5-10(2)14(8-13(9)15)18-12(4)7-11(3)17-18/h5-8H,1-4H3. The molecule has 0 aliphatic heterocycles. The van der Waals surface area contributed by atoms with E-state index in [0.717, 1.165) is 33.6 Å². The lowest BCUT2D eigenvalue weighted by atomic mass is 10.1. The molecule has 0 aliphatic carbocycles. The lowest BCUT2D eigenvalue weighted by Gasteiger charge is -2.10. The molecule has 2 aromatic heterocycles. The fourth-order valence-corrected chi connectivity index (χ4v) is 2.56. The van der Waals surface area contributed by atoms with Gasteiger partial charge in [0, 0.05) is 17.1 Å². The van der Waals surface area contributed by atoms with E-state index >= 15 is 0 Å². The van der Waals surface area contributed by atoms with E-state index in [1.165, 1.54) is 6.07 Å². The van der Waals surface area contributed by atoms with E-state index in [2.05, 4.69) is 5.10 Å². The van der Waals surface area contributed by atoms with Crippen LogP contribution in [0.5, 0.6) is 0 Å². The van der Waals surface area contributed by atoms with Gasteiger partial charge in [-0.1, -0.05) is 0 Å². The minimum absolute atomic E-state index is 0.312. The summed E-state index contributed by atoms with van der Waals surface area (Å²) in [5.41, 5.74) is 5.33. The van der Waals surface area contributed by atoms with Crippen LogP contribution in [0.1, 0.15) is 22.5 Å². The molecule has 0 fully saturated rings. The maximum atomic E-state index is 11.4. The highest BCUT2D eigenvalue weighted by Crippen LogP contribution is 2.24. The van der Waals surface area contributed by atoms with Gasteiger partial charge in [0.25, 0.3) is 0 Å². The van der Waals surface area contributed by atoms with E-state index in [9.17, 15) is 4.79 Å². The molecule has 0 amide bonds. The van der Waals surface area contributed by atoms with Gasteiger partial charge in [0.1, 0.15) is 5.58 Å². The van der Waals surface area contributed by atoms with E-state index in [1.807, 2.05) is 50.6 Å². The maximum Gasteiger partial charge on any atom is 0.336 e. The number of fused-ring (bicyclic) bond motifs is 1. The minimum atomic E-state index is -0.312. The Morgan fingerprint density at radius 1 is 1.00 bits per heavy atom. The van der Waals surface area contributed by atoms with Gasteiger partial charge in [-0.2, -0.15) is 5.10 Å². The van der Waals surface area contributed by atoms with Gasteiger partial charge in [-0.05, 0) is 57.0 Å². The van der Waals surface area contributed by atoms with Gasteiger partial charge in [0.2, 0.25) is 0 Å². The highest BCUT2D eigenvalue weighted by atomic mass is 16.4. The van der Waals surface area contributed by atoms with Crippen molar-refractivity contribution in [3.63, 3.8) is 0 Å².